The summed E-state index contributed by atoms with van der Waals surface area (Å²) < 4.78 is 11.5. The summed E-state index contributed by atoms with van der Waals surface area (Å²) in [6, 6.07) is 0. The fourth-order valence-corrected chi connectivity index (χ4v) is 4.79. The fourth-order valence-electron chi connectivity index (χ4n) is 4.79. The van der Waals surface area contributed by atoms with Crippen molar-refractivity contribution >= 4 is 17.7 Å². The number of carbonyl (C=O) groups excluding carboxylic acids is 3. The third-order valence-electron chi connectivity index (χ3n) is 7.46. The molecule has 3 amide bonds. The van der Waals surface area contributed by atoms with Crippen LogP contribution in [0.4, 0.5) is 0 Å². The van der Waals surface area contributed by atoms with Crippen molar-refractivity contribution in [1.82, 2.24) is 16.0 Å². The molecule has 8 heteroatoms. The van der Waals surface area contributed by atoms with Gasteiger partial charge in [0.1, 0.15) is 6.10 Å². The highest BCUT2D eigenvalue weighted by Gasteiger charge is 2.45. The predicted molar refractivity (Wildman–Crippen MR) is 166 cm³/mol. The Balaban J connectivity index is 1.93. The first-order chi connectivity index (χ1) is 19.6. The van der Waals surface area contributed by atoms with Gasteiger partial charge in [-0.05, 0) is 52.4 Å². The minimum atomic E-state index is -0.811. The standard InChI is InChI=1S/C33H61N3O5/c1-6-7-8-9-10-11-12-13-14-15-16-17-18-19-20-22-28(37)34-24-21-25-35-29(38)23-26-36-31(39)30-32(2,3)27-40-33(4,5)41-30/h13-14,30H,6-12,15-27H2,1-5H3,(H,34,37)(H,35,38)(H,36,39). The van der Waals surface area contributed by atoms with Gasteiger partial charge in [0.25, 0.3) is 0 Å². The summed E-state index contributed by atoms with van der Waals surface area (Å²) in [5.41, 5.74) is -0.448. The molecule has 238 valence electrons. The van der Waals surface area contributed by atoms with E-state index in [0.717, 1.165) is 12.8 Å². The maximum absolute atomic E-state index is 12.6. The van der Waals surface area contributed by atoms with Crippen molar-refractivity contribution < 1.29 is 23.9 Å². The molecule has 1 atom stereocenters. The molecule has 0 bridgehead atoms. The van der Waals surface area contributed by atoms with Crippen LogP contribution in [0.1, 0.15) is 137 Å². The Labute approximate surface area is 250 Å². The van der Waals surface area contributed by atoms with Crippen LogP contribution in [-0.2, 0) is 23.9 Å². The lowest BCUT2D eigenvalue weighted by molar-refractivity contribution is -0.304. The molecule has 41 heavy (non-hydrogen) atoms. The number of rotatable bonds is 23. The lowest BCUT2D eigenvalue weighted by Gasteiger charge is -2.44. The summed E-state index contributed by atoms with van der Waals surface area (Å²) >= 11 is 0. The van der Waals surface area contributed by atoms with E-state index in [9.17, 15) is 14.4 Å². The summed E-state index contributed by atoms with van der Waals surface area (Å²) in [5.74, 6) is -1.09. The maximum atomic E-state index is 12.6. The molecule has 0 aliphatic carbocycles. The zero-order chi connectivity index (χ0) is 30.4. The Morgan fingerprint density at radius 2 is 1.22 bits per heavy atom. The summed E-state index contributed by atoms with van der Waals surface area (Å²) in [7, 11) is 0. The highest BCUT2D eigenvalue weighted by atomic mass is 16.7. The predicted octanol–water partition coefficient (Wildman–Crippen LogP) is 6.33. The van der Waals surface area contributed by atoms with E-state index in [4.69, 9.17) is 9.47 Å². The molecule has 1 aliphatic heterocycles. The largest absolute Gasteiger partial charge is 0.356 e. The highest BCUT2D eigenvalue weighted by Crippen LogP contribution is 2.34. The van der Waals surface area contributed by atoms with Gasteiger partial charge in [0.15, 0.2) is 5.79 Å². The van der Waals surface area contributed by atoms with Gasteiger partial charge in [-0.15, -0.1) is 0 Å². The number of ether oxygens (including phenoxy) is 2. The van der Waals surface area contributed by atoms with Crippen molar-refractivity contribution in [2.75, 3.05) is 26.2 Å². The Morgan fingerprint density at radius 3 is 1.83 bits per heavy atom. The zero-order valence-corrected chi connectivity index (χ0v) is 26.9. The van der Waals surface area contributed by atoms with Gasteiger partial charge >= 0.3 is 0 Å². The molecule has 3 N–H and O–H groups in total. The van der Waals surface area contributed by atoms with Crippen LogP contribution in [0.15, 0.2) is 12.2 Å². The number of unbranched alkanes of at least 4 members (excludes halogenated alkanes) is 11. The molecule has 8 nitrogen and oxygen atoms in total. The molecule has 1 unspecified atom stereocenters. The summed E-state index contributed by atoms with van der Waals surface area (Å²) in [6.45, 7) is 11.4. The SMILES string of the molecule is CCCCCCCCC=CCCCCCCCC(=O)NCCCNC(=O)CCNC(=O)C1OC(C)(C)OCC1(C)C. The quantitative estimate of drug-likeness (QED) is 0.0969. The van der Waals surface area contributed by atoms with Crippen LogP contribution in [0.5, 0.6) is 0 Å². The van der Waals surface area contributed by atoms with Crippen molar-refractivity contribution in [3.63, 3.8) is 0 Å². The van der Waals surface area contributed by atoms with Gasteiger partial charge in [-0.3, -0.25) is 14.4 Å². The normalized spacial score (nSPS) is 17.8. The smallest absolute Gasteiger partial charge is 0.249 e. The minimum absolute atomic E-state index is 0.0816. The van der Waals surface area contributed by atoms with Gasteiger partial charge < -0.3 is 25.4 Å². The molecular weight excluding hydrogens is 518 g/mol. The Hall–Kier alpha value is -1.93. The van der Waals surface area contributed by atoms with Crippen molar-refractivity contribution in [3.8, 4) is 0 Å². The number of allylic oxidation sites excluding steroid dienone is 2. The summed E-state index contributed by atoms with van der Waals surface area (Å²) in [6.07, 6.45) is 21.7. The van der Waals surface area contributed by atoms with Gasteiger partial charge in [0, 0.05) is 37.9 Å². The van der Waals surface area contributed by atoms with E-state index in [1.54, 1.807) is 13.8 Å². The molecule has 0 saturated carbocycles. The summed E-state index contributed by atoms with van der Waals surface area (Å²) in [5, 5.41) is 8.58. The molecule has 1 aliphatic rings. The Morgan fingerprint density at radius 1 is 0.683 bits per heavy atom. The van der Waals surface area contributed by atoms with Crippen molar-refractivity contribution in [2.45, 2.75) is 149 Å². The van der Waals surface area contributed by atoms with Gasteiger partial charge in [-0.2, -0.15) is 0 Å². The highest BCUT2D eigenvalue weighted by molar-refractivity contribution is 5.83. The lowest BCUT2D eigenvalue weighted by atomic mass is 9.85. The van der Waals surface area contributed by atoms with Gasteiger partial charge in [-0.25, -0.2) is 0 Å². The summed E-state index contributed by atoms with van der Waals surface area (Å²) in [4.78, 5) is 36.7. The minimum Gasteiger partial charge on any atom is -0.356 e. The number of carbonyl (C=O) groups is 3. The number of nitrogens with one attached hydrogen (secondary N) is 3. The van der Waals surface area contributed by atoms with E-state index >= 15 is 0 Å². The Bertz CT molecular complexity index is 766. The molecular formula is C33H61N3O5. The fraction of sp³-hybridized carbons (Fsp3) is 0.848. The van der Waals surface area contributed by atoms with E-state index in [-0.39, 0.29) is 30.7 Å². The first-order valence-corrected chi connectivity index (χ1v) is 16.4. The zero-order valence-electron chi connectivity index (χ0n) is 26.9. The number of hydrogen-bond acceptors (Lipinski definition) is 5. The molecule has 1 fully saturated rings. The molecule has 0 radical (unpaired) electrons. The van der Waals surface area contributed by atoms with Gasteiger partial charge in [-0.1, -0.05) is 84.3 Å². The van der Waals surface area contributed by atoms with Gasteiger partial charge in [0.2, 0.25) is 17.7 Å². The van der Waals surface area contributed by atoms with Crippen LogP contribution in [-0.4, -0.2) is 55.9 Å². The average Bonchev–Trinajstić information content (AvgIpc) is 2.92. The maximum Gasteiger partial charge on any atom is 0.249 e. The first kappa shape index (κ1) is 37.1. The third-order valence-corrected chi connectivity index (χ3v) is 7.46. The van der Waals surface area contributed by atoms with Crippen LogP contribution in [0.25, 0.3) is 0 Å². The topological polar surface area (TPSA) is 106 Å². The molecule has 0 aromatic heterocycles. The monoisotopic (exact) mass is 579 g/mol. The molecule has 1 saturated heterocycles. The van der Waals surface area contributed by atoms with Crippen LogP contribution in [0, 0.1) is 5.41 Å². The van der Waals surface area contributed by atoms with Gasteiger partial charge in [0.05, 0.1) is 6.61 Å². The second-order valence-corrected chi connectivity index (χ2v) is 12.6. The molecule has 0 spiro atoms. The molecule has 1 rings (SSSR count). The van der Waals surface area contributed by atoms with Crippen molar-refractivity contribution in [1.29, 1.82) is 0 Å². The van der Waals surface area contributed by atoms with E-state index in [1.807, 2.05) is 13.8 Å². The number of amides is 3. The lowest BCUT2D eigenvalue weighted by Crippen LogP contribution is -2.56. The van der Waals surface area contributed by atoms with Crippen LogP contribution >= 0.6 is 0 Å². The second-order valence-electron chi connectivity index (χ2n) is 12.6. The van der Waals surface area contributed by atoms with Crippen molar-refractivity contribution in [2.24, 2.45) is 5.41 Å². The van der Waals surface area contributed by atoms with E-state index < -0.39 is 17.3 Å². The molecule has 1 heterocycles. The molecule has 0 aromatic carbocycles. The Kier molecular flexibility index (Phi) is 19.7. The van der Waals surface area contributed by atoms with E-state index in [2.05, 4.69) is 35.0 Å². The van der Waals surface area contributed by atoms with E-state index in [0.29, 0.717) is 32.5 Å². The second kappa shape index (κ2) is 21.7. The van der Waals surface area contributed by atoms with Crippen LogP contribution in [0.2, 0.25) is 0 Å². The third kappa shape index (κ3) is 19.0. The first-order valence-electron chi connectivity index (χ1n) is 16.4. The van der Waals surface area contributed by atoms with Crippen LogP contribution < -0.4 is 16.0 Å². The van der Waals surface area contributed by atoms with Crippen LogP contribution in [0.3, 0.4) is 0 Å². The average molecular weight is 580 g/mol. The van der Waals surface area contributed by atoms with E-state index in [1.165, 1.54) is 70.6 Å². The van der Waals surface area contributed by atoms with Crippen molar-refractivity contribution in [3.05, 3.63) is 12.2 Å². The molecule has 0 aromatic rings. The number of hydrogen-bond donors (Lipinski definition) is 3.